The summed E-state index contributed by atoms with van der Waals surface area (Å²) in [4.78, 5) is 26.0. The first-order chi connectivity index (χ1) is 25.9. The number of hydrogen-bond acceptors (Lipinski definition) is 7. The van der Waals surface area contributed by atoms with Gasteiger partial charge in [-0.15, -0.1) is 0 Å². The van der Waals surface area contributed by atoms with Gasteiger partial charge in [0.05, 0.1) is 18.8 Å². The van der Waals surface area contributed by atoms with E-state index in [0.717, 1.165) is 46.5 Å². The second-order valence-electron chi connectivity index (χ2n) is 13.5. The first-order valence-electron chi connectivity index (χ1n) is 18.2. The van der Waals surface area contributed by atoms with E-state index in [0.29, 0.717) is 25.9 Å². The van der Waals surface area contributed by atoms with Crippen LogP contribution in [0.5, 0.6) is 0 Å². The number of aliphatic hydroxyl groups is 1. The third-order valence-electron chi connectivity index (χ3n) is 9.42. The highest BCUT2D eigenvalue weighted by Crippen LogP contribution is 2.39. The summed E-state index contributed by atoms with van der Waals surface area (Å²) in [6, 6.07) is 45.2. The molecule has 0 spiro atoms. The van der Waals surface area contributed by atoms with E-state index < -0.39 is 12.2 Å². The summed E-state index contributed by atoms with van der Waals surface area (Å²) < 4.78 is 13.5. The number of hydroxylamine groups is 1. The van der Waals surface area contributed by atoms with E-state index in [1.165, 1.54) is 11.1 Å². The Bertz CT molecular complexity index is 1860. The summed E-state index contributed by atoms with van der Waals surface area (Å²) in [5.41, 5.74) is 9.82. The van der Waals surface area contributed by atoms with Crippen molar-refractivity contribution in [3.63, 3.8) is 0 Å². The number of hydrogen-bond donors (Lipinski definition) is 4. The Hall–Kier alpha value is -5.16. The molecule has 1 heterocycles. The fourth-order valence-electron chi connectivity index (χ4n) is 6.67. The summed E-state index contributed by atoms with van der Waals surface area (Å²) in [7, 11) is 0. The third-order valence-corrected chi connectivity index (χ3v) is 9.42. The second kappa shape index (κ2) is 19.1. The Balaban J connectivity index is 1.20. The molecule has 1 aliphatic heterocycles. The molecule has 53 heavy (non-hydrogen) atoms. The van der Waals surface area contributed by atoms with Gasteiger partial charge in [-0.05, 0) is 57.5 Å². The molecule has 274 valence electrons. The zero-order chi connectivity index (χ0) is 36.8. The van der Waals surface area contributed by atoms with Gasteiger partial charge in [-0.25, -0.2) is 5.48 Å². The first-order valence-corrected chi connectivity index (χ1v) is 18.2. The fraction of sp³-hybridized carbons (Fsp3) is 0.273. The van der Waals surface area contributed by atoms with Crippen LogP contribution >= 0.6 is 0 Å². The number of ether oxygens (including phenoxy) is 2. The Labute approximate surface area is 311 Å². The minimum Gasteiger partial charge on any atom is -0.392 e. The molecule has 5 aromatic rings. The average molecular weight is 714 g/mol. The van der Waals surface area contributed by atoms with Crippen molar-refractivity contribution >= 4 is 11.8 Å². The average Bonchev–Trinajstić information content (AvgIpc) is 3.21. The van der Waals surface area contributed by atoms with Crippen LogP contribution in [-0.2, 0) is 45.3 Å². The summed E-state index contributed by atoms with van der Waals surface area (Å²) in [5.74, 6) is -0.663. The molecule has 9 nitrogen and oxygen atoms in total. The molecule has 1 fully saturated rings. The van der Waals surface area contributed by atoms with Gasteiger partial charge in [0.25, 0.3) is 0 Å². The number of aliphatic hydroxyl groups excluding tert-OH is 1. The van der Waals surface area contributed by atoms with E-state index >= 15 is 0 Å². The molecule has 0 aliphatic carbocycles. The van der Waals surface area contributed by atoms with Crippen molar-refractivity contribution in [1.29, 1.82) is 0 Å². The fourth-order valence-corrected chi connectivity index (χ4v) is 6.67. The zero-order valence-corrected chi connectivity index (χ0v) is 29.8. The summed E-state index contributed by atoms with van der Waals surface area (Å²) in [6.07, 6.45) is 0.359. The molecular formula is C44H47N3O6. The molecule has 1 saturated heterocycles. The van der Waals surface area contributed by atoms with Gasteiger partial charge in [0.2, 0.25) is 11.8 Å². The molecule has 0 aromatic heterocycles. The maximum atomic E-state index is 12.4. The highest BCUT2D eigenvalue weighted by molar-refractivity contribution is 5.78. The van der Waals surface area contributed by atoms with Gasteiger partial charge in [-0.1, -0.05) is 121 Å². The van der Waals surface area contributed by atoms with Crippen LogP contribution < -0.4 is 10.8 Å². The minimum absolute atomic E-state index is 0.0139. The first kappa shape index (κ1) is 37.6. The highest BCUT2D eigenvalue weighted by Gasteiger charge is 2.33. The summed E-state index contributed by atoms with van der Waals surface area (Å²) >= 11 is 0. The van der Waals surface area contributed by atoms with Gasteiger partial charge in [-0.2, -0.15) is 0 Å². The Morgan fingerprint density at radius 1 is 0.660 bits per heavy atom. The monoisotopic (exact) mass is 713 g/mol. The van der Waals surface area contributed by atoms with Crippen LogP contribution in [0.4, 0.5) is 0 Å². The van der Waals surface area contributed by atoms with E-state index in [1.54, 1.807) is 5.48 Å². The lowest BCUT2D eigenvalue weighted by molar-refractivity contribution is -0.253. The molecule has 0 saturated carbocycles. The minimum atomic E-state index is -0.609. The molecule has 4 N–H and O–H groups in total. The molecule has 6 rings (SSSR count). The molecule has 3 unspecified atom stereocenters. The number of nitrogens with zero attached hydrogens (tertiary/aromatic N) is 1. The molecule has 5 aromatic carbocycles. The highest BCUT2D eigenvalue weighted by atomic mass is 16.7. The van der Waals surface area contributed by atoms with Crippen LogP contribution in [0.2, 0.25) is 0 Å². The molecule has 9 heteroatoms. The number of amides is 2. The van der Waals surface area contributed by atoms with Gasteiger partial charge in [0.1, 0.15) is 0 Å². The lowest BCUT2D eigenvalue weighted by atomic mass is 9.98. The lowest BCUT2D eigenvalue weighted by Gasteiger charge is -2.38. The molecule has 3 atom stereocenters. The Kier molecular flexibility index (Phi) is 13.5. The lowest BCUT2D eigenvalue weighted by Crippen LogP contribution is -2.39. The van der Waals surface area contributed by atoms with E-state index in [1.807, 2.05) is 66.7 Å². The topological polar surface area (TPSA) is 120 Å². The molecular weight excluding hydrogens is 666 g/mol. The van der Waals surface area contributed by atoms with E-state index in [9.17, 15) is 14.7 Å². The Morgan fingerprint density at radius 3 is 1.94 bits per heavy atom. The van der Waals surface area contributed by atoms with Gasteiger partial charge >= 0.3 is 0 Å². The van der Waals surface area contributed by atoms with Crippen molar-refractivity contribution in [2.45, 2.75) is 70.4 Å². The van der Waals surface area contributed by atoms with Crippen LogP contribution in [-0.4, -0.2) is 39.7 Å². The van der Waals surface area contributed by atoms with Gasteiger partial charge < -0.3 is 19.9 Å². The normalized spacial score (nSPS) is 17.0. The SMILES string of the molecule is O=C(CCCC(=O)NCc1cccc(-c2cccc(C3OC(CN(Cc4ccccc4)Cc4ccccc4)CC(c4ccc(CO)cc4)O3)c2)c1)NO. The van der Waals surface area contributed by atoms with Crippen molar-refractivity contribution < 1.29 is 29.4 Å². The van der Waals surface area contributed by atoms with Crippen LogP contribution in [0, 0.1) is 0 Å². The van der Waals surface area contributed by atoms with Crippen LogP contribution in [0.15, 0.2) is 133 Å². The molecule has 2 amide bonds. The maximum absolute atomic E-state index is 12.4. The number of rotatable bonds is 16. The standard InChI is InChI=1S/C44H47N3O6/c48-31-34-20-22-36(23-21-34)41-26-40(30-47(28-32-10-3-1-4-11-32)29-33-12-5-2-6-13-33)52-44(53-41)39-17-8-16-38(25-39)37-15-7-14-35(24-37)27-45-42(49)18-9-19-43(50)46-51/h1-8,10-17,20-25,40-41,44,48,51H,9,18-19,26-31H2,(H,45,49)(H,46,50). The predicted molar refractivity (Wildman–Crippen MR) is 203 cm³/mol. The van der Waals surface area contributed by atoms with E-state index in [4.69, 9.17) is 14.7 Å². The van der Waals surface area contributed by atoms with E-state index in [-0.39, 0.29) is 37.6 Å². The van der Waals surface area contributed by atoms with Gasteiger partial charge in [0, 0.05) is 51.0 Å². The largest absolute Gasteiger partial charge is 0.392 e. The number of carbonyl (C=O) groups excluding carboxylic acids is 2. The van der Waals surface area contributed by atoms with Crippen molar-refractivity contribution in [2.24, 2.45) is 0 Å². The second-order valence-corrected chi connectivity index (χ2v) is 13.5. The van der Waals surface area contributed by atoms with Crippen LogP contribution in [0.25, 0.3) is 11.1 Å². The van der Waals surface area contributed by atoms with Gasteiger partial charge in [0.15, 0.2) is 6.29 Å². The number of carbonyl (C=O) groups is 2. The maximum Gasteiger partial charge on any atom is 0.243 e. The van der Waals surface area contributed by atoms with Crippen molar-refractivity contribution in [3.05, 3.63) is 167 Å². The summed E-state index contributed by atoms with van der Waals surface area (Å²) in [6.45, 7) is 2.61. The quantitative estimate of drug-likeness (QED) is 0.0622. The van der Waals surface area contributed by atoms with Crippen LogP contribution in [0.3, 0.4) is 0 Å². The third kappa shape index (κ3) is 11.2. The molecule has 0 bridgehead atoms. The zero-order valence-electron chi connectivity index (χ0n) is 29.8. The van der Waals surface area contributed by atoms with Crippen molar-refractivity contribution in [3.8, 4) is 11.1 Å². The van der Waals surface area contributed by atoms with E-state index in [2.05, 4.69) is 76.9 Å². The molecule has 0 radical (unpaired) electrons. The summed E-state index contributed by atoms with van der Waals surface area (Å²) in [5, 5.41) is 21.2. The van der Waals surface area contributed by atoms with Crippen LogP contribution in [0.1, 0.15) is 71.5 Å². The van der Waals surface area contributed by atoms with Crippen molar-refractivity contribution in [2.75, 3.05) is 6.54 Å². The number of benzene rings is 5. The smallest absolute Gasteiger partial charge is 0.243 e. The van der Waals surface area contributed by atoms with Crippen molar-refractivity contribution in [1.82, 2.24) is 15.7 Å². The predicted octanol–water partition coefficient (Wildman–Crippen LogP) is 7.39. The van der Waals surface area contributed by atoms with Gasteiger partial charge in [-0.3, -0.25) is 19.7 Å². The number of nitrogens with one attached hydrogen (secondary N) is 2. The Morgan fingerprint density at radius 2 is 1.28 bits per heavy atom. The molecule has 1 aliphatic rings.